The summed E-state index contributed by atoms with van der Waals surface area (Å²) in [6.45, 7) is 4.04. The molecule has 1 fully saturated rings. The van der Waals surface area contributed by atoms with Gasteiger partial charge in [0.1, 0.15) is 5.82 Å². The molecule has 1 N–H and O–H groups in total. The van der Waals surface area contributed by atoms with E-state index in [0.717, 1.165) is 42.6 Å². The van der Waals surface area contributed by atoms with E-state index in [1.807, 2.05) is 37.3 Å². The van der Waals surface area contributed by atoms with Crippen molar-refractivity contribution in [3.63, 3.8) is 0 Å². The SMILES string of the molecule is C/C(=N\NC(=O)C1CCN(Cc2ccccc2F)CC1)c1ccc2ccccc2c1. The molecule has 154 valence electrons. The van der Waals surface area contributed by atoms with Crippen molar-refractivity contribution >= 4 is 22.4 Å². The molecule has 3 aromatic rings. The molecule has 1 heterocycles. The molecule has 0 radical (unpaired) electrons. The standard InChI is InChI=1S/C25H26FN3O/c1-18(21-11-10-19-6-2-3-7-22(19)16-21)27-28-25(30)20-12-14-29(15-13-20)17-23-8-4-5-9-24(23)26/h2-11,16,20H,12-15,17H2,1H3,(H,28,30)/b27-18+. The van der Waals surface area contributed by atoms with Crippen LogP contribution in [0.15, 0.2) is 71.8 Å². The molecule has 1 aliphatic heterocycles. The number of carbonyl (C=O) groups excluding carboxylic acids is 1. The number of hydrazone groups is 1. The minimum atomic E-state index is -0.170. The number of hydrogen-bond acceptors (Lipinski definition) is 3. The lowest BCUT2D eigenvalue weighted by Crippen LogP contribution is -2.39. The summed E-state index contributed by atoms with van der Waals surface area (Å²) in [5, 5.41) is 6.66. The van der Waals surface area contributed by atoms with Crippen LogP contribution in [0.3, 0.4) is 0 Å². The molecule has 0 unspecified atom stereocenters. The monoisotopic (exact) mass is 403 g/mol. The minimum absolute atomic E-state index is 0.0410. The number of amides is 1. The highest BCUT2D eigenvalue weighted by Crippen LogP contribution is 2.20. The summed E-state index contributed by atoms with van der Waals surface area (Å²) in [4.78, 5) is 14.8. The predicted octanol–water partition coefficient (Wildman–Crippen LogP) is 4.73. The number of fused-ring (bicyclic) bond motifs is 1. The number of halogens is 1. The number of carbonyl (C=O) groups is 1. The van der Waals surface area contributed by atoms with Crippen LogP contribution < -0.4 is 5.43 Å². The first-order chi connectivity index (χ1) is 14.6. The topological polar surface area (TPSA) is 44.7 Å². The Labute approximate surface area is 176 Å². The molecule has 0 bridgehead atoms. The Balaban J connectivity index is 1.31. The van der Waals surface area contributed by atoms with Gasteiger partial charge in [-0.2, -0.15) is 5.10 Å². The highest BCUT2D eigenvalue weighted by Gasteiger charge is 2.25. The number of benzene rings is 3. The largest absolute Gasteiger partial charge is 0.299 e. The Morgan fingerprint density at radius 2 is 1.73 bits per heavy atom. The van der Waals surface area contributed by atoms with Crippen molar-refractivity contribution in [3.8, 4) is 0 Å². The summed E-state index contributed by atoms with van der Waals surface area (Å²) < 4.78 is 13.8. The Kier molecular flexibility index (Phi) is 6.19. The van der Waals surface area contributed by atoms with E-state index in [9.17, 15) is 9.18 Å². The van der Waals surface area contributed by atoms with Gasteiger partial charge < -0.3 is 0 Å². The van der Waals surface area contributed by atoms with Crippen molar-refractivity contribution < 1.29 is 9.18 Å². The van der Waals surface area contributed by atoms with E-state index in [2.05, 4.69) is 39.7 Å². The zero-order valence-corrected chi connectivity index (χ0v) is 17.1. The van der Waals surface area contributed by atoms with Crippen LogP contribution in [0.4, 0.5) is 4.39 Å². The van der Waals surface area contributed by atoms with Crippen LogP contribution in [-0.4, -0.2) is 29.6 Å². The first-order valence-electron chi connectivity index (χ1n) is 10.4. The van der Waals surface area contributed by atoms with Crippen LogP contribution in [0.1, 0.15) is 30.9 Å². The van der Waals surface area contributed by atoms with Gasteiger partial charge in [-0.3, -0.25) is 9.69 Å². The van der Waals surface area contributed by atoms with Crippen LogP contribution >= 0.6 is 0 Å². The fourth-order valence-corrected chi connectivity index (χ4v) is 3.93. The normalized spacial score (nSPS) is 16.0. The fraction of sp³-hybridized carbons (Fsp3) is 0.280. The Hall–Kier alpha value is -3.05. The molecule has 4 rings (SSSR count). The molecule has 0 spiro atoms. The number of nitrogens with zero attached hydrogens (tertiary/aromatic N) is 2. The molecule has 30 heavy (non-hydrogen) atoms. The van der Waals surface area contributed by atoms with Crippen molar-refractivity contribution in [2.24, 2.45) is 11.0 Å². The van der Waals surface area contributed by atoms with E-state index in [0.29, 0.717) is 12.1 Å². The van der Waals surface area contributed by atoms with Crippen molar-refractivity contribution in [2.45, 2.75) is 26.3 Å². The van der Waals surface area contributed by atoms with E-state index >= 15 is 0 Å². The first kappa shape index (κ1) is 20.2. The summed E-state index contributed by atoms with van der Waals surface area (Å²) in [5.41, 5.74) is 5.23. The molecule has 5 heteroatoms. The smallest absolute Gasteiger partial charge is 0.243 e. The van der Waals surface area contributed by atoms with Gasteiger partial charge >= 0.3 is 0 Å². The third kappa shape index (κ3) is 4.74. The van der Waals surface area contributed by atoms with Gasteiger partial charge in [-0.1, -0.05) is 54.6 Å². The zero-order chi connectivity index (χ0) is 20.9. The van der Waals surface area contributed by atoms with Gasteiger partial charge in [-0.15, -0.1) is 0 Å². The lowest BCUT2D eigenvalue weighted by atomic mass is 9.96. The molecule has 0 aliphatic carbocycles. The van der Waals surface area contributed by atoms with Gasteiger partial charge in [0.2, 0.25) is 5.91 Å². The van der Waals surface area contributed by atoms with Gasteiger partial charge in [0, 0.05) is 18.0 Å². The molecule has 1 amide bonds. The lowest BCUT2D eigenvalue weighted by Gasteiger charge is -2.31. The molecule has 4 nitrogen and oxygen atoms in total. The second kappa shape index (κ2) is 9.18. The number of piperidine rings is 1. The fourth-order valence-electron chi connectivity index (χ4n) is 3.93. The van der Waals surface area contributed by atoms with E-state index in [1.165, 1.54) is 11.5 Å². The van der Waals surface area contributed by atoms with E-state index in [4.69, 9.17) is 0 Å². The minimum Gasteiger partial charge on any atom is -0.299 e. The average Bonchev–Trinajstić information content (AvgIpc) is 2.79. The summed E-state index contributed by atoms with van der Waals surface area (Å²) in [6, 6.07) is 21.2. The van der Waals surface area contributed by atoms with E-state index in [-0.39, 0.29) is 17.6 Å². The molecular weight excluding hydrogens is 377 g/mol. The van der Waals surface area contributed by atoms with Crippen LogP contribution in [0.25, 0.3) is 10.8 Å². The highest BCUT2D eigenvalue weighted by molar-refractivity contribution is 6.02. The maximum atomic E-state index is 13.8. The molecule has 1 aliphatic rings. The lowest BCUT2D eigenvalue weighted by molar-refractivity contribution is -0.126. The summed E-state index contributed by atoms with van der Waals surface area (Å²) in [5.74, 6) is -0.272. The second-order valence-electron chi connectivity index (χ2n) is 7.88. The Morgan fingerprint density at radius 1 is 1.03 bits per heavy atom. The molecule has 3 aromatic carbocycles. The van der Waals surface area contributed by atoms with Crippen LogP contribution in [0, 0.1) is 11.7 Å². The van der Waals surface area contributed by atoms with Gasteiger partial charge in [0.05, 0.1) is 5.71 Å². The number of likely N-dealkylation sites (tertiary alicyclic amines) is 1. The maximum Gasteiger partial charge on any atom is 0.243 e. The van der Waals surface area contributed by atoms with Crippen LogP contribution in [0.5, 0.6) is 0 Å². The van der Waals surface area contributed by atoms with Crippen molar-refractivity contribution in [1.29, 1.82) is 0 Å². The number of rotatable bonds is 5. The summed E-state index contributed by atoms with van der Waals surface area (Å²) in [6.07, 6.45) is 1.51. The van der Waals surface area contributed by atoms with E-state index in [1.54, 1.807) is 6.07 Å². The summed E-state index contributed by atoms with van der Waals surface area (Å²) in [7, 11) is 0. The van der Waals surface area contributed by atoms with E-state index < -0.39 is 0 Å². The highest BCUT2D eigenvalue weighted by atomic mass is 19.1. The molecular formula is C25H26FN3O. The van der Waals surface area contributed by atoms with Crippen LogP contribution in [0.2, 0.25) is 0 Å². The second-order valence-corrected chi connectivity index (χ2v) is 7.88. The Bertz CT molecular complexity index is 1070. The molecule has 1 saturated heterocycles. The van der Waals surface area contributed by atoms with Crippen molar-refractivity contribution in [2.75, 3.05) is 13.1 Å². The molecule has 0 saturated carbocycles. The van der Waals surface area contributed by atoms with Gasteiger partial charge in [-0.05, 0) is 61.3 Å². The number of hydrogen-bond donors (Lipinski definition) is 1. The quantitative estimate of drug-likeness (QED) is 0.494. The molecule has 0 atom stereocenters. The van der Waals surface area contributed by atoms with Crippen molar-refractivity contribution in [3.05, 3.63) is 83.7 Å². The Morgan fingerprint density at radius 3 is 2.50 bits per heavy atom. The molecule has 0 aromatic heterocycles. The predicted molar refractivity (Wildman–Crippen MR) is 119 cm³/mol. The van der Waals surface area contributed by atoms with Gasteiger partial charge in [0.15, 0.2) is 0 Å². The number of nitrogens with one attached hydrogen (secondary N) is 1. The third-order valence-corrected chi connectivity index (χ3v) is 5.81. The maximum absolute atomic E-state index is 13.8. The average molecular weight is 404 g/mol. The van der Waals surface area contributed by atoms with Gasteiger partial charge in [0.25, 0.3) is 0 Å². The first-order valence-corrected chi connectivity index (χ1v) is 10.4. The summed E-state index contributed by atoms with van der Waals surface area (Å²) >= 11 is 0. The van der Waals surface area contributed by atoms with Gasteiger partial charge in [-0.25, -0.2) is 9.82 Å². The third-order valence-electron chi connectivity index (χ3n) is 5.81. The zero-order valence-electron chi connectivity index (χ0n) is 17.1. The van der Waals surface area contributed by atoms with Crippen molar-refractivity contribution in [1.82, 2.24) is 10.3 Å². The van der Waals surface area contributed by atoms with Crippen LogP contribution in [-0.2, 0) is 11.3 Å².